The SMILES string of the molecule is CCOc1n[nH]c(NC(=O)c2csnn2)n1. The third-order valence-corrected chi connectivity index (χ3v) is 2.07. The molecule has 0 saturated carbocycles. The molecule has 2 aromatic heterocycles. The number of aromatic amines is 1. The van der Waals surface area contributed by atoms with Gasteiger partial charge in [0.2, 0.25) is 5.95 Å². The van der Waals surface area contributed by atoms with Crippen LogP contribution in [0.25, 0.3) is 0 Å². The molecule has 9 heteroatoms. The number of hydrogen-bond acceptors (Lipinski definition) is 7. The Hall–Kier alpha value is -2.03. The molecule has 2 rings (SSSR count). The fourth-order valence-electron chi connectivity index (χ4n) is 0.931. The van der Waals surface area contributed by atoms with Crippen molar-refractivity contribution in [1.29, 1.82) is 0 Å². The number of H-pyrrole nitrogens is 1. The van der Waals surface area contributed by atoms with Crippen LogP contribution in [0.1, 0.15) is 17.4 Å². The number of nitrogens with one attached hydrogen (secondary N) is 2. The van der Waals surface area contributed by atoms with Gasteiger partial charge in [-0.15, -0.1) is 10.2 Å². The quantitative estimate of drug-likeness (QED) is 0.796. The smallest absolute Gasteiger partial charge is 0.337 e. The number of amides is 1. The van der Waals surface area contributed by atoms with E-state index in [4.69, 9.17) is 4.74 Å². The van der Waals surface area contributed by atoms with Gasteiger partial charge in [0.05, 0.1) is 6.61 Å². The van der Waals surface area contributed by atoms with Crippen LogP contribution in [0.15, 0.2) is 5.38 Å². The monoisotopic (exact) mass is 240 g/mol. The topological polar surface area (TPSA) is 106 Å². The van der Waals surface area contributed by atoms with Gasteiger partial charge in [0, 0.05) is 5.38 Å². The lowest BCUT2D eigenvalue weighted by Gasteiger charge is -1.95. The molecular weight excluding hydrogens is 232 g/mol. The van der Waals surface area contributed by atoms with Crippen LogP contribution in [0, 0.1) is 0 Å². The average Bonchev–Trinajstić information content (AvgIpc) is 2.89. The minimum absolute atomic E-state index is 0.189. The Labute approximate surface area is 94.2 Å². The van der Waals surface area contributed by atoms with Crippen molar-refractivity contribution in [3.8, 4) is 6.01 Å². The van der Waals surface area contributed by atoms with Crippen molar-refractivity contribution in [3.63, 3.8) is 0 Å². The van der Waals surface area contributed by atoms with Gasteiger partial charge in [-0.25, -0.2) is 5.10 Å². The number of aromatic nitrogens is 5. The van der Waals surface area contributed by atoms with Crippen LogP contribution in [0.3, 0.4) is 0 Å². The van der Waals surface area contributed by atoms with Gasteiger partial charge in [0.1, 0.15) is 0 Å². The lowest BCUT2D eigenvalue weighted by molar-refractivity contribution is 0.102. The molecule has 0 radical (unpaired) electrons. The molecule has 84 valence electrons. The maximum absolute atomic E-state index is 11.5. The van der Waals surface area contributed by atoms with Gasteiger partial charge in [-0.05, 0) is 18.5 Å². The zero-order chi connectivity index (χ0) is 11.4. The number of ether oxygens (including phenoxy) is 1. The lowest BCUT2D eigenvalue weighted by atomic mass is 10.5. The Balaban J connectivity index is 2.01. The van der Waals surface area contributed by atoms with Crippen molar-refractivity contribution in [2.45, 2.75) is 6.92 Å². The highest BCUT2D eigenvalue weighted by Crippen LogP contribution is 2.07. The molecule has 0 aliphatic heterocycles. The fourth-order valence-corrected chi connectivity index (χ4v) is 1.37. The predicted octanol–water partition coefficient (Wildman–Crippen LogP) is 0.307. The molecule has 0 unspecified atom stereocenters. The molecule has 0 atom stereocenters. The molecule has 0 aliphatic carbocycles. The third kappa shape index (κ3) is 2.31. The van der Waals surface area contributed by atoms with Crippen LogP contribution < -0.4 is 10.1 Å². The number of anilines is 1. The Bertz CT molecular complexity index is 467. The first-order valence-corrected chi connectivity index (χ1v) is 5.27. The summed E-state index contributed by atoms with van der Waals surface area (Å²) in [7, 11) is 0. The molecule has 2 N–H and O–H groups in total. The van der Waals surface area contributed by atoms with Crippen LogP contribution in [0.5, 0.6) is 6.01 Å². The van der Waals surface area contributed by atoms with Crippen molar-refractivity contribution in [3.05, 3.63) is 11.1 Å². The van der Waals surface area contributed by atoms with Gasteiger partial charge in [-0.3, -0.25) is 10.1 Å². The van der Waals surface area contributed by atoms with Gasteiger partial charge < -0.3 is 4.74 Å². The molecule has 8 nitrogen and oxygen atoms in total. The number of carbonyl (C=O) groups is 1. The van der Waals surface area contributed by atoms with E-state index in [2.05, 4.69) is 30.1 Å². The molecule has 2 aromatic rings. The number of rotatable bonds is 4. The summed E-state index contributed by atoms with van der Waals surface area (Å²) >= 11 is 1.10. The third-order valence-electron chi connectivity index (χ3n) is 1.56. The summed E-state index contributed by atoms with van der Waals surface area (Å²) in [6, 6.07) is 0.189. The van der Waals surface area contributed by atoms with Crippen LogP contribution >= 0.6 is 11.5 Å². The average molecular weight is 240 g/mol. The normalized spacial score (nSPS) is 10.1. The van der Waals surface area contributed by atoms with Gasteiger partial charge in [0.15, 0.2) is 5.69 Å². The summed E-state index contributed by atoms with van der Waals surface area (Å²) in [5, 5.41) is 13.9. The van der Waals surface area contributed by atoms with E-state index in [-0.39, 0.29) is 17.7 Å². The van der Waals surface area contributed by atoms with Gasteiger partial charge >= 0.3 is 6.01 Å². The molecule has 2 heterocycles. The van der Waals surface area contributed by atoms with E-state index in [1.165, 1.54) is 5.38 Å². The van der Waals surface area contributed by atoms with E-state index in [1.54, 1.807) is 0 Å². The van der Waals surface area contributed by atoms with Gasteiger partial charge in [0.25, 0.3) is 5.91 Å². The van der Waals surface area contributed by atoms with Crippen LogP contribution in [0.2, 0.25) is 0 Å². The summed E-state index contributed by atoms with van der Waals surface area (Å²) in [5.41, 5.74) is 0.236. The van der Waals surface area contributed by atoms with E-state index in [9.17, 15) is 4.79 Å². The zero-order valence-corrected chi connectivity index (χ0v) is 9.11. The second-order valence-electron chi connectivity index (χ2n) is 2.64. The molecular formula is C7H8N6O2S. The predicted molar refractivity (Wildman–Crippen MR) is 55.4 cm³/mol. The fraction of sp³-hybridized carbons (Fsp3) is 0.286. The standard InChI is InChI=1S/C7H8N6O2S/c1-2-15-7-9-6(11-12-7)8-5(14)4-3-16-13-10-4/h3H,2H2,1H3,(H2,8,9,11,12,14). The van der Waals surface area contributed by atoms with E-state index >= 15 is 0 Å². The highest BCUT2D eigenvalue weighted by Gasteiger charge is 2.11. The minimum atomic E-state index is -0.395. The number of carbonyl (C=O) groups excluding carboxylic acids is 1. The van der Waals surface area contributed by atoms with Crippen molar-refractivity contribution >= 4 is 23.4 Å². The lowest BCUT2D eigenvalue weighted by Crippen LogP contribution is -2.13. The Morgan fingerprint density at radius 3 is 3.25 bits per heavy atom. The molecule has 0 spiro atoms. The van der Waals surface area contributed by atoms with E-state index in [0.717, 1.165) is 11.5 Å². The van der Waals surface area contributed by atoms with Crippen LogP contribution in [-0.2, 0) is 0 Å². The first-order valence-electron chi connectivity index (χ1n) is 4.43. The second kappa shape index (κ2) is 4.66. The van der Waals surface area contributed by atoms with E-state index < -0.39 is 5.91 Å². The molecule has 0 aliphatic rings. The molecule has 16 heavy (non-hydrogen) atoms. The second-order valence-corrected chi connectivity index (χ2v) is 3.25. The molecule has 0 fully saturated rings. The summed E-state index contributed by atoms with van der Waals surface area (Å²) in [4.78, 5) is 15.4. The summed E-state index contributed by atoms with van der Waals surface area (Å²) in [6.07, 6.45) is 0. The first-order chi connectivity index (χ1) is 7.79. The maximum atomic E-state index is 11.5. The number of nitrogens with zero attached hydrogens (tertiary/aromatic N) is 4. The van der Waals surface area contributed by atoms with Crippen molar-refractivity contribution in [1.82, 2.24) is 24.8 Å². The first kappa shape index (κ1) is 10.5. The summed E-state index contributed by atoms with van der Waals surface area (Å²) in [5.74, 6) is -0.186. The number of hydrogen-bond donors (Lipinski definition) is 2. The highest BCUT2D eigenvalue weighted by atomic mass is 32.1. The maximum Gasteiger partial charge on any atom is 0.337 e. The zero-order valence-electron chi connectivity index (χ0n) is 8.30. The molecule has 0 aromatic carbocycles. The summed E-state index contributed by atoms with van der Waals surface area (Å²) in [6.45, 7) is 2.27. The molecule has 0 bridgehead atoms. The van der Waals surface area contributed by atoms with Crippen molar-refractivity contribution in [2.24, 2.45) is 0 Å². The Morgan fingerprint density at radius 1 is 1.69 bits per heavy atom. The van der Waals surface area contributed by atoms with E-state index in [1.807, 2.05) is 6.92 Å². The van der Waals surface area contributed by atoms with Gasteiger partial charge in [-0.2, -0.15) is 4.98 Å². The van der Waals surface area contributed by atoms with Crippen molar-refractivity contribution in [2.75, 3.05) is 11.9 Å². The van der Waals surface area contributed by atoms with E-state index in [0.29, 0.717) is 6.61 Å². The highest BCUT2D eigenvalue weighted by molar-refractivity contribution is 7.03. The molecule has 1 amide bonds. The largest absolute Gasteiger partial charge is 0.463 e. The van der Waals surface area contributed by atoms with Crippen molar-refractivity contribution < 1.29 is 9.53 Å². The Morgan fingerprint density at radius 2 is 2.56 bits per heavy atom. The van der Waals surface area contributed by atoms with Gasteiger partial charge in [-0.1, -0.05) is 4.49 Å². The minimum Gasteiger partial charge on any atom is -0.463 e. The summed E-state index contributed by atoms with van der Waals surface area (Å²) < 4.78 is 8.61. The van der Waals surface area contributed by atoms with Crippen LogP contribution in [-0.4, -0.2) is 37.3 Å². The molecule has 0 saturated heterocycles. The Kier molecular flexibility index (Phi) is 3.05. The van der Waals surface area contributed by atoms with Crippen LogP contribution in [0.4, 0.5) is 5.95 Å².